The van der Waals surface area contributed by atoms with Crippen molar-refractivity contribution in [2.45, 2.75) is 32.7 Å². The lowest BCUT2D eigenvalue weighted by Crippen LogP contribution is -2.36. The summed E-state index contributed by atoms with van der Waals surface area (Å²) in [5.41, 5.74) is 5.73. The molecule has 82 valence electrons. The predicted octanol–water partition coefficient (Wildman–Crippen LogP) is 1.46. The third kappa shape index (κ3) is 3.97. The molecular formula is C11H17N3O. The number of nitrogens with one attached hydrogen (secondary N) is 1. The normalized spacial score (nSPS) is 11.1. The number of aromatic nitrogens is 1. The van der Waals surface area contributed by atoms with Crippen molar-refractivity contribution in [3.05, 3.63) is 23.9 Å². The van der Waals surface area contributed by atoms with E-state index in [9.17, 15) is 4.79 Å². The lowest BCUT2D eigenvalue weighted by atomic mass is 10.0. The van der Waals surface area contributed by atoms with Crippen LogP contribution >= 0.6 is 0 Å². The van der Waals surface area contributed by atoms with Crippen molar-refractivity contribution >= 4 is 11.7 Å². The van der Waals surface area contributed by atoms with E-state index in [1.54, 1.807) is 0 Å². The molecule has 0 aliphatic rings. The number of carbonyl (C=O) groups excluding carboxylic acids is 1. The van der Waals surface area contributed by atoms with Gasteiger partial charge in [-0.05, 0) is 32.9 Å². The highest BCUT2D eigenvalue weighted by Gasteiger charge is 2.20. The Morgan fingerprint density at radius 3 is 2.73 bits per heavy atom. The molecule has 1 amide bonds. The van der Waals surface area contributed by atoms with Gasteiger partial charge in [-0.25, -0.2) is 4.98 Å². The van der Waals surface area contributed by atoms with Crippen LogP contribution in [0.3, 0.4) is 0 Å². The first-order valence-electron chi connectivity index (χ1n) is 4.89. The number of anilines is 1. The van der Waals surface area contributed by atoms with Crippen molar-refractivity contribution in [2.75, 3.05) is 5.32 Å². The van der Waals surface area contributed by atoms with Crippen LogP contribution < -0.4 is 11.1 Å². The van der Waals surface area contributed by atoms with Gasteiger partial charge in [-0.15, -0.1) is 0 Å². The Hall–Kier alpha value is -1.58. The Kier molecular flexibility index (Phi) is 3.29. The molecule has 4 nitrogen and oxygen atoms in total. The second kappa shape index (κ2) is 4.29. The topological polar surface area (TPSA) is 68.0 Å². The van der Waals surface area contributed by atoms with Gasteiger partial charge in [-0.3, -0.25) is 4.79 Å². The average molecular weight is 207 g/mol. The standard InChI is InChI=1S/C11H17N3O/c1-8-5-4-6-10(13-8)14-11(2,3)7-9(12)15/h4-6H,7H2,1-3H3,(H2,12,15)(H,13,14). The number of pyridine rings is 1. The zero-order valence-corrected chi connectivity index (χ0v) is 9.37. The maximum absolute atomic E-state index is 10.8. The molecule has 0 radical (unpaired) electrons. The first-order chi connectivity index (χ1) is 6.89. The minimum absolute atomic E-state index is 0.280. The Balaban J connectivity index is 2.72. The Morgan fingerprint density at radius 2 is 2.20 bits per heavy atom. The van der Waals surface area contributed by atoms with Crippen LogP contribution in [0.4, 0.5) is 5.82 Å². The molecule has 0 bridgehead atoms. The van der Waals surface area contributed by atoms with Gasteiger partial charge in [-0.1, -0.05) is 6.07 Å². The Labute approximate surface area is 89.9 Å². The molecule has 1 rings (SSSR count). The molecule has 1 aromatic heterocycles. The fourth-order valence-electron chi connectivity index (χ4n) is 1.44. The number of nitrogens with two attached hydrogens (primary N) is 1. The number of hydrogen-bond acceptors (Lipinski definition) is 3. The van der Waals surface area contributed by atoms with Gasteiger partial charge >= 0.3 is 0 Å². The largest absolute Gasteiger partial charge is 0.370 e. The summed E-state index contributed by atoms with van der Waals surface area (Å²) >= 11 is 0. The minimum atomic E-state index is -0.368. The number of hydrogen-bond donors (Lipinski definition) is 2. The highest BCUT2D eigenvalue weighted by molar-refractivity contribution is 5.75. The van der Waals surface area contributed by atoms with Gasteiger partial charge in [0.05, 0.1) is 0 Å². The van der Waals surface area contributed by atoms with E-state index in [4.69, 9.17) is 5.73 Å². The molecule has 0 spiro atoms. The lowest BCUT2D eigenvalue weighted by molar-refractivity contribution is -0.118. The Morgan fingerprint density at radius 1 is 1.53 bits per heavy atom. The van der Waals surface area contributed by atoms with E-state index >= 15 is 0 Å². The third-order valence-electron chi connectivity index (χ3n) is 1.97. The van der Waals surface area contributed by atoms with Crippen LogP contribution in [-0.2, 0) is 4.79 Å². The van der Waals surface area contributed by atoms with Gasteiger partial charge in [0, 0.05) is 17.7 Å². The van der Waals surface area contributed by atoms with Crippen LogP contribution in [0, 0.1) is 6.92 Å². The number of nitrogens with zero attached hydrogens (tertiary/aromatic N) is 1. The maximum atomic E-state index is 10.8. The van der Waals surface area contributed by atoms with Crippen molar-refractivity contribution in [3.63, 3.8) is 0 Å². The summed E-state index contributed by atoms with van der Waals surface area (Å²) in [6, 6.07) is 5.72. The molecule has 4 heteroatoms. The van der Waals surface area contributed by atoms with Crippen molar-refractivity contribution < 1.29 is 4.79 Å². The maximum Gasteiger partial charge on any atom is 0.219 e. The second-order valence-electron chi connectivity index (χ2n) is 4.32. The quantitative estimate of drug-likeness (QED) is 0.785. The summed E-state index contributed by atoms with van der Waals surface area (Å²) in [5, 5.41) is 3.18. The number of carbonyl (C=O) groups is 1. The summed E-state index contributed by atoms with van der Waals surface area (Å²) < 4.78 is 0. The molecule has 0 saturated heterocycles. The second-order valence-corrected chi connectivity index (χ2v) is 4.32. The average Bonchev–Trinajstić information content (AvgIpc) is 1.99. The van der Waals surface area contributed by atoms with Gasteiger partial charge in [-0.2, -0.15) is 0 Å². The molecule has 0 fully saturated rings. The van der Waals surface area contributed by atoms with Gasteiger partial charge in [0.15, 0.2) is 0 Å². The SMILES string of the molecule is Cc1cccc(NC(C)(C)CC(N)=O)n1. The fourth-order valence-corrected chi connectivity index (χ4v) is 1.44. The molecule has 0 aliphatic heterocycles. The molecule has 0 unspecified atom stereocenters. The molecule has 1 aromatic rings. The molecule has 0 aliphatic carbocycles. The highest BCUT2D eigenvalue weighted by Crippen LogP contribution is 2.16. The van der Waals surface area contributed by atoms with Crippen LogP contribution in [0.1, 0.15) is 26.0 Å². The molecule has 0 aromatic carbocycles. The van der Waals surface area contributed by atoms with Gasteiger partial charge in [0.1, 0.15) is 5.82 Å². The zero-order chi connectivity index (χ0) is 11.5. The first-order valence-corrected chi connectivity index (χ1v) is 4.89. The van der Waals surface area contributed by atoms with Crippen molar-refractivity contribution in [1.82, 2.24) is 4.98 Å². The van der Waals surface area contributed by atoms with Crippen molar-refractivity contribution in [1.29, 1.82) is 0 Å². The molecule has 0 atom stereocenters. The van der Waals surface area contributed by atoms with Gasteiger partial charge in [0.25, 0.3) is 0 Å². The number of rotatable bonds is 4. The highest BCUT2D eigenvalue weighted by atomic mass is 16.1. The van der Waals surface area contributed by atoms with Crippen molar-refractivity contribution in [3.8, 4) is 0 Å². The van der Waals surface area contributed by atoms with Gasteiger partial charge in [0.2, 0.25) is 5.91 Å². The van der Waals surface area contributed by atoms with E-state index in [2.05, 4.69) is 10.3 Å². The van der Waals surface area contributed by atoms with E-state index in [0.29, 0.717) is 0 Å². The van der Waals surface area contributed by atoms with Crippen LogP contribution in [0.2, 0.25) is 0 Å². The summed E-state index contributed by atoms with van der Waals surface area (Å²) in [7, 11) is 0. The van der Waals surface area contributed by atoms with E-state index in [1.807, 2.05) is 39.0 Å². The molecule has 3 N–H and O–H groups in total. The number of amides is 1. The fraction of sp³-hybridized carbons (Fsp3) is 0.455. The number of aryl methyl sites for hydroxylation is 1. The monoisotopic (exact) mass is 207 g/mol. The van der Waals surface area contributed by atoms with Crippen LogP contribution in [0.15, 0.2) is 18.2 Å². The smallest absolute Gasteiger partial charge is 0.219 e. The molecular weight excluding hydrogens is 190 g/mol. The summed E-state index contributed by atoms with van der Waals surface area (Å²) in [5.74, 6) is 0.446. The molecule has 0 saturated carbocycles. The molecule has 1 heterocycles. The van der Waals surface area contributed by atoms with Crippen LogP contribution in [0.25, 0.3) is 0 Å². The summed E-state index contributed by atoms with van der Waals surface area (Å²) in [4.78, 5) is 15.1. The summed E-state index contributed by atoms with van der Waals surface area (Å²) in [6.07, 6.45) is 0.280. The minimum Gasteiger partial charge on any atom is -0.370 e. The van der Waals surface area contributed by atoms with Crippen LogP contribution in [-0.4, -0.2) is 16.4 Å². The zero-order valence-electron chi connectivity index (χ0n) is 9.37. The van der Waals surface area contributed by atoms with Crippen molar-refractivity contribution in [2.24, 2.45) is 5.73 Å². The third-order valence-corrected chi connectivity index (χ3v) is 1.97. The van der Waals surface area contributed by atoms with Gasteiger partial charge < -0.3 is 11.1 Å². The summed E-state index contributed by atoms with van der Waals surface area (Å²) in [6.45, 7) is 5.76. The molecule has 15 heavy (non-hydrogen) atoms. The van der Waals surface area contributed by atoms with E-state index in [-0.39, 0.29) is 17.9 Å². The lowest BCUT2D eigenvalue weighted by Gasteiger charge is -2.25. The van der Waals surface area contributed by atoms with E-state index in [1.165, 1.54) is 0 Å². The Bertz CT molecular complexity index is 361. The predicted molar refractivity (Wildman–Crippen MR) is 60.5 cm³/mol. The van der Waals surface area contributed by atoms with E-state index in [0.717, 1.165) is 11.5 Å². The van der Waals surface area contributed by atoms with E-state index < -0.39 is 0 Å². The number of primary amides is 1. The van der Waals surface area contributed by atoms with Crippen LogP contribution in [0.5, 0.6) is 0 Å². The first kappa shape index (κ1) is 11.5.